The van der Waals surface area contributed by atoms with Crippen LogP contribution in [-0.2, 0) is 9.59 Å². The van der Waals surface area contributed by atoms with Crippen molar-refractivity contribution >= 4 is 29.6 Å². The van der Waals surface area contributed by atoms with Crippen LogP contribution in [0.5, 0.6) is 0 Å². The number of carboxylic acids is 1. The third kappa shape index (κ3) is 3.80. The van der Waals surface area contributed by atoms with E-state index in [0.29, 0.717) is 17.1 Å². The first kappa shape index (κ1) is 21.5. The summed E-state index contributed by atoms with van der Waals surface area (Å²) in [5.41, 5.74) is 5.80. The summed E-state index contributed by atoms with van der Waals surface area (Å²) in [6, 6.07) is -0.238. The van der Waals surface area contributed by atoms with Crippen LogP contribution in [0.4, 0.5) is 0 Å². The number of carboxylic acid groups (broad SMARTS) is 1. The fourth-order valence-corrected chi connectivity index (χ4v) is 6.61. The lowest BCUT2D eigenvalue weighted by molar-refractivity contribution is -0.163. The summed E-state index contributed by atoms with van der Waals surface area (Å²) in [5, 5.41) is 23.2. The van der Waals surface area contributed by atoms with Crippen molar-refractivity contribution in [3.8, 4) is 0 Å². The average Bonchev–Trinajstić information content (AvgIpc) is 2.94. The molecule has 0 aromatic carbocycles. The van der Waals surface area contributed by atoms with Crippen LogP contribution in [0.15, 0.2) is 15.6 Å². The van der Waals surface area contributed by atoms with Gasteiger partial charge in [0, 0.05) is 41.6 Å². The van der Waals surface area contributed by atoms with Crippen molar-refractivity contribution in [2.75, 3.05) is 32.7 Å². The molecule has 4 aliphatic rings. The molecule has 0 aliphatic carbocycles. The van der Waals surface area contributed by atoms with Crippen LogP contribution >= 0.6 is 11.8 Å². The highest BCUT2D eigenvalue weighted by atomic mass is 32.2. The highest BCUT2D eigenvalue weighted by molar-refractivity contribution is 8.03. The second-order valence-corrected chi connectivity index (χ2v) is 10.2. The van der Waals surface area contributed by atoms with Crippen molar-refractivity contribution in [1.29, 1.82) is 0 Å². The number of nitrogens with two attached hydrogens (primary N) is 1. The number of guanidine groups is 1. The van der Waals surface area contributed by atoms with Crippen molar-refractivity contribution in [1.82, 2.24) is 15.1 Å². The van der Waals surface area contributed by atoms with E-state index in [1.807, 2.05) is 6.92 Å². The molecule has 30 heavy (non-hydrogen) atoms. The molecule has 5 N–H and O–H groups in total. The number of thioether (sulfide) groups is 1. The number of nitrogens with zero attached hydrogens (tertiary/aromatic N) is 3. The number of aliphatic hydroxyl groups excluding tert-OH is 1. The summed E-state index contributed by atoms with van der Waals surface area (Å²) in [6.45, 7) is 8.13. The largest absolute Gasteiger partial charge is 0.477 e. The number of nitrogens with one attached hydrogen (secondary N) is 1. The summed E-state index contributed by atoms with van der Waals surface area (Å²) in [4.78, 5) is 33.3. The first-order valence-electron chi connectivity index (χ1n) is 10.7. The number of fused-ring (bicyclic) bond motifs is 1. The zero-order chi connectivity index (χ0) is 21.6. The van der Waals surface area contributed by atoms with Crippen LogP contribution in [0, 0.1) is 17.8 Å². The van der Waals surface area contributed by atoms with Gasteiger partial charge in [-0.3, -0.25) is 9.79 Å². The average molecular weight is 438 g/mol. The van der Waals surface area contributed by atoms with E-state index < -0.39 is 18.0 Å². The van der Waals surface area contributed by atoms with Gasteiger partial charge in [0.25, 0.3) is 0 Å². The molecular formula is C20H31N5O4S. The minimum atomic E-state index is -1.05. The lowest BCUT2D eigenvalue weighted by Crippen LogP contribution is -2.63. The van der Waals surface area contributed by atoms with E-state index in [1.165, 1.54) is 4.90 Å². The standard InChI is InChI=1S/C20H31N5O4S/c1-10-15-14(11(2)26)18(27)25(15)16(19(28)29)17(10)30-13-3-5-24(6-4-13)9-12-7-22-20(21)23-8-12/h10-15,26H,3-9H2,1-2H3,(H,28,29)(H3,21,22,23)/t10-,11-,14-,15-/m1/s1. The first-order chi connectivity index (χ1) is 14.3. The number of hydrogen-bond acceptors (Lipinski definition) is 8. The van der Waals surface area contributed by atoms with Gasteiger partial charge in [-0.25, -0.2) is 4.79 Å². The van der Waals surface area contributed by atoms with Crippen LogP contribution in [0.1, 0.15) is 26.7 Å². The van der Waals surface area contributed by atoms with Crippen LogP contribution in [0.3, 0.4) is 0 Å². The molecule has 4 heterocycles. The molecule has 9 nitrogen and oxygen atoms in total. The van der Waals surface area contributed by atoms with Crippen molar-refractivity contribution in [3.63, 3.8) is 0 Å². The molecule has 10 heteroatoms. The zero-order valence-corrected chi connectivity index (χ0v) is 18.3. The molecular weight excluding hydrogens is 406 g/mol. The molecule has 4 rings (SSSR count). The molecule has 166 valence electrons. The number of aliphatic imine (C=N–C) groups is 1. The lowest BCUT2D eigenvalue weighted by atomic mass is 9.79. The summed E-state index contributed by atoms with van der Waals surface area (Å²) in [6.07, 6.45) is 1.20. The minimum Gasteiger partial charge on any atom is -0.477 e. The van der Waals surface area contributed by atoms with Gasteiger partial charge in [0.05, 0.1) is 18.1 Å². The highest BCUT2D eigenvalue weighted by Crippen LogP contribution is 2.52. The Balaban J connectivity index is 1.36. The Kier molecular flexibility index (Phi) is 6.00. The summed E-state index contributed by atoms with van der Waals surface area (Å²) in [7, 11) is 0. The van der Waals surface area contributed by atoms with Gasteiger partial charge in [0.15, 0.2) is 5.96 Å². The predicted molar refractivity (Wildman–Crippen MR) is 115 cm³/mol. The molecule has 0 saturated carbocycles. The summed E-state index contributed by atoms with van der Waals surface area (Å²) in [5.74, 6) is -0.899. The quantitative estimate of drug-likeness (QED) is 0.423. The van der Waals surface area contributed by atoms with E-state index in [-0.39, 0.29) is 23.6 Å². The molecule has 2 fully saturated rings. The van der Waals surface area contributed by atoms with Gasteiger partial charge in [0.1, 0.15) is 5.70 Å². The Morgan fingerprint density at radius 1 is 1.40 bits per heavy atom. The molecule has 0 spiro atoms. The number of carbonyl (C=O) groups excluding carboxylic acids is 1. The molecule has 1 amide bonds. The topological polar surface area (TPSA) is 131 Å². The van der Waals surface area contributed by atoms with Crippen LogP contribution in [0.25, 0.3) is 0 Å². The number of aliphatic hydroxyl groups is 1. The molecule has 5 atom stereocenters. The SMILES string of the molecule is C[C@@H](O)[C@H]1C(=O)N2C(C(=O)O)=C(SC3CCN(CC4CN=C(N)NC4)CC3)[C@H](C)[C@H]12. The van der Waals surface area contributed by atoms with Gasteiger partial charge < -0.3 is 31.1 Å². The smallest absolute Gasteiger partial charge is 0.353 e. The van der Waals surface area contributed by atoms with Gasteiger partial charge in [0.2, 0.25) is 5.91 Å². The number of piperidine rings is 1. The second kappa shape index (κ2) is 8.39. The molecule has 4 aliphatic heterocycles. The minimum absolute atomic E-state index is 0.0620. The summed E-state index contributed by atoms with van der Waals surface area (Å²) < 4.78 is 0. The Bertz CT molecular complexity index is 777. The van der Waals surface area contributed by atoms with Crippen LogP contribution in [0.2, 0.25) is 0 Å². The Morgan fingerprint density at radius 2 is 2.10 bits per heavy atom. The zero-order valence-electron chi connectivity index (χ0n) is 17.5. The number of likely N-dealkylation sites (tertiary alicyclic amines) is 1. The van der Waals surface area contributed by atoms with Crippen molar-refractivity contribution in [2.45, 2.75) is 44.1 Å². The Labute approximate surface area is 180 Å². The molecule has 2 saturated heterocycles. The third-order valence-electron chi connectivity index (χ3n) is 6.75. The maximum atomic E-state index is 12.5. The number of aliphatic carboxylic acids is 1. The number of amides is 1. The monoisotopic (exact) mass is 437 g/mol. The van der Waals surface area contributed by atoms with E-state index in [4.69, 9.17) is 5.73 Å². The van der Waals surface area contributed by atoms with Gasteiger partial charge in [-0.05, 0) is 32.9 Å². The Morgan fingerprint density at radius 3 is 2.67 bits per heavy atom. The van der Waals surface area contributed by atoms with Gasteiger partial charge in [-0.1, -0.05) is 6.92 Å². The maximum Gasteiger partial charge on any atom is 0.353 e. The Hall–Kier alpha value is -1.78. The van der Waals surface area contributed by atoms with E-state index in [1.54, 1.807) is 18.7 Å². The van der Waals surface area contributed by atoms with Crippen molar-refractivity contribution in [3.05, 3.63) is 10.6 Å². The molecule has 0 radical (unpaired) electrons. The van der Waals surface area contributed by atoms with Gasteiger partial charge in [-0.2, -0.15) is 0 Å². The van der Waals surface area contributed by atoms with E-state index in [0.717, 1.165) is 50.5 Å². The number of hydrogen-bond donors (Lipinski definition) is 4. The van der Waals surface area contributed by atoms with E-state index in [9.17, 15) is 19.8 Å². The molecule has 1 unspecified atom stereocenters. The normalized spacial score (nSPS) is 33.6. The first-order valence-corrected chi connectivity index (χ1v) is 11.6. The fourth-order valence-electron chi connectivity index (χ4n) is 5.15. The van der Waals surface area contributed by atoms with E-state index in [2.05, 4.69) is 15.2 Å². The van der Waals surface area contributed by atoms with Gasteiger partial charge >= 0.3 is 5.97 Å². The maximum absolute atomic E-state index is 12.5. The number of carbonyl (C=O) groups is 2. The van der Waals surface area contributed by atoms with Crippen LogP contribution < -0.4 is 11.1 Å². The highest BCUT2D eigenvalue weighted by Gasteiger charge is 2.60. The predicted octanol–water partition coefficient (Wildman–Crippen LogP) is -0.128. The molecule has 0 aromatic heterocycles. The molecule has 0 bridgehead atoms. The van der Waals surface area contributed by atoms with Gasteiger partial charge in [-0.15, -0.1) is 11.8 Å². The van der Waals surface area contributed by atoms with Crippen molar-refractivity contribution in [2.24, 2.45) is 28.5 Å². The molecule has 0 aromatic rings. The second-order valence-electron chi connectivity index (χ2n) is 8.86. The summed E-state index contributed by atoms with van der Waals surface area (Å²) >= 11 is 1.63. The lowest BCUT2D eigenvalue weighted by Gasteiger charge is -2.46. The number of β-lactam (4-membered cyclic amide) rings is 1. The van der Waals surface area contributed by atoms with E-state index >= 15 is 0 Å². The fraction of sp³-hybridized carbons (Fsp3) is 0.750. The van der Waals surface area contributed by atoms with Crippen molar-refractivity contribution < 1.29 is 19.8 Å². The third-order valence-corrected chi connectivity index (χ3v) is 8.37. The van der Waals surface area contributed by atoms with Crippen LogP contribution in [-0.4, -0.2) is 88.0 Å². The number of rotatable bonds is 6.